The maximum absolute atomic E-state index is 12.1. The minimum atomic E-state index is -4.51. The summed E-state index contributed by atoms with van der Waals surface area (Å²) in [6.07, 6.45) is -4.51. The third-order valence-corrected chi connectivity index (χ3v) is 4.37. The predicted molar refractivity (Wildman–Crippen MR) is 86.7 cm³/mol. The lowest BCUT2D eigenvalue weighted by atomic mass is 10.2. The van der Waals surface area contributed by atoms with Crippen LogP contribution in [0.2, 0.25) is 0 Å². The van der Waals surface area contributed by atoms with Crippen molar-refractivity contribution in [2.24, 2.45) is 0 Å². The lowest BCUT2D eigenvalue weighted by Gasteiger charge is -2.10. The number of alkyl halides is 3. The molecule has 0 atom stereocenters. The van der Waals surface area contributed by atoms with Crippen molar-refractivity contribution in [3.8, 4) is 0 Å². The molecule has 2 heterocycles. The second-order valence-corrected chi connectivity index (χ2v) is 6.45. The molecule has 1 amide bonds. The number of aryl methyl sites for hydroxylation is 1. The second-order valence-electron chi connectivity index (χ2n) is 5.42. The van der Waals surface area contributed by atoms with Crippen molar-refractivity contribution in [1.82, 2.24) is 9.88 Å². The van der Waals surface area contributed by atoms with Gasteiger partial charge in [0.15, 0.2) is 6.61 Å². The lowest BCUT2D eigenvalue weighted by Crippen LogP contribution is -2.36. The van der Waals surface area contributed by atoms with Crippen LogP contribution in [0.1, 0.15) is 26.6 Å². The number of esters is 1. The summed E-state index contributed by atoms with van der Waals surface area (Å²) in [4.78, 5) is 24.5. The summed E-state index contributed by atoms with van der Waals surface area (Å²) in [5, 5.41) is 3.60. The largest absolute Gasteiger partial charge is 0.452 e. The van der Waals surface area contributed by atoms with Crippen molar-refractivity contribution in [3.05, 3.63) is 45.4 Å². The van der Waals surface area contributed by atoms with Gasteiger partial charge in [-0.25, -0.2) is 4.79 Å². The van der Waals surface area contributed by atoms with E-state index >= 15 is 0 Å². The molecule has 0 aliphatic heterocycles. The Morgan fingerprint density at radius 3 is 2.64 bits per heavy atom. The first-order valence-electron chi connectivity index (χ1n) is 7.37. The second kappa shape index (κ2) is 7.73. The minimum Gasteiger partial charge on any atom is -0.452 e. The van der Waals surface area contributed by atoms with E-state index < -0.39 is 31.2 Å². The molecule has 2 aromatic heterocycles. The van der Waals surface area contributed by atoms with Gasteiger partial charge in [0.2, 0.25) is 0 Å². The van der Waals surface area contributed by atoms with Crippen LogP contribution in [0.25, 0.3) is 0 Å². The number of carbonyl (C=O) groups is 2. The first kappa shape index (κ1) is 19.0. The molecular formula is C16H17F3N2O3S. The Balaban J connectivity index is 1.97. The van der Waals surface area contributed by atoms with Gasteiger partial charge in [-0.3, -0.25) is 4.79 Å². The molecule has 0 aromatic carbocycles. The van der Waals surface area contributed by atoms with E-state index in [9.17, 15) is 22.8 Å². The van der Waals surface area contributed by atoms with Gasteiger partial charge in [0.05, 0.1) is 12.1 Å². The topological polar surface area (TPSA) is 60.3 Å². The Morgan fingerprint density at radius 1 is 1.32 bits per heavy atom. The van der Waals surface area contributed by atoms with Crippen molar-refractivity contribution in [1.29, 1.82) is 0 Å². The maximum Gasteiger partial charge on any atom is 0.405 e. The van der Waals surface area contributed by atoms with Crippen molar-refractivity contribution in [3.63, 3.8) is 0 Å². The number of rotatable bonds is 6. The van der Waals surface area contributed by atoms with Crippen molar-refractivity contribution in [2.45, 2.75) is 26.6 Å². The zero-order valence-corrected chi connectivity index (χ0v) is 14.5. The summed E-state index contributed by atoms with van der Waals surface area (Å²) in [6, 6.07) is 5.55. The van der Waals surface area contributed by atoms with Crippen molar-refractivity contribution in [2.75, 3.05) is 13.2 Å². The van der Waals surface area contributed by atoms with Gasteiger partial charge in [0, 0.05) is 16.3 Å². The van der Waals surface area contributed by atoms with Crippen molar-refractivity contribution < 1.29 is 27.5 Å². The molecule has 0 saturated carbocycles. The van der Waals surface area contributed by atoms with Crippen LogP contribution >= 0.6 is 11.3 Å². The molecule has 9 heteroatoms. The average molecular weight is 374 g/mol. The van der Waals surface area contributed by atoms with Crippen LogP contribution in [-0.2, 0) is 16.1 Å². The number of carbonyl (C=O) groups excluding carboxylic acids is 2. The highest BCUT2D eigenvalue weighted by atomic mass is 32.1. The van der Waals surface area contributed by atoms with E-state index in [1.807, 2.05) is 29.0 Å². The van der Waals surface area contributed by atoms with E-state index in [0.29, 0.717) is 12.2 Å². The zero-order valence-electron chi connectivity index (χ0n) is 13.6. The fourth-order valence-electron chi connectivity index (χ4n) is 2.27. The third kappa shape index (κ3) is 5.35. The normalized spacial score (nSPS) is 11.4. The molecule has 2 aromatic rings. The fraction of sp³-hybridized carbons (Fsp3) is 0.375. The average Bonchev–Trinajstić information content (AvgIpc) is 3.13. The quantitative estimate of drug-likeness (QED) is 0.791. The molecule has 0 aliphatic carbocycles. The van der Waals surface area contributed by atoms with E-state index in [1.54, 1.807) is 29.6 Å². The molecule has 0 radical (unpaired) electrons. The molecule has 0 saturated heterocycles. The van der Waals surface area contributed by atoms with Crippen LogP contribution in [0.15, 0.2) is 23.6 Å². The summed E-state index contributed by atoms with van der Waals surface area (Å²) < 4.78 is 42.8. The molecule has 0 aliphatic rings. The molecule has 2 rings (SSSR count). The van der Waals surface area contributed by atoms with Gasteiger partial charge in [-0.1, -0.05) is 6.07 Å². The highest BCUT2D eigenvalue weighted by Gasteiger charge is 2.28. The van der Waals surface area contributed by atoms with Gasteiger partial charge in [0.25, 0.3) is 5.91 Å². The summed E-state index contributed by atoms with van der Waals surface area (Å²) in [7, 11) is 0. The minimum absolute atomic E-state index is 0.290. The molecule has 0 bridgehead atoms. The fourth-order valence-corrected chi connectivity index (χ4v) is 2.96. The van der Waals surface area contributed by atoms with E-state index in [1.165, 1.54) is 0 Å². The van der Waals surface area contributed by atoms with Gasteiger partial charge in [-0.15, -0.1) is 11.3 Å². The number of hydrogen-bond donors (Lipinski definition) is 1. The Kier molecular flexibility index (Phi) is 5.89. The van der Waals surface area contributed by atoms with Crippen LogP contribution in [0.5, 0.6) is 0 Å². The summed E-state index contributed by atoms with van der Waals surface area (Å²) >= 11 is 1.59. The maximum atomic E-state index is 12.1. The molecule has 0 spiro atoms. The zero-order chi connectivity index (χ0) is 18.6. The van der Waals surface area contributed by atoms with Crippen LogP contribution < -0.4 is 5.32 Å². The number of thiophene rings is 1. The van der Waals surface area contributed by atoms with Crippen LogP contribution in [0.4, 0.5) is 13.2 Å². The molecule has 0 unspecified atom stereocenters. The Hall–Kier alpha value is -2.29. The third-order valence-electron chi connectivity index (χ3n) is 3.51. The lowest BCUT2D eigenvalue weighted by molar-refractivity contribution is -0.140. The summed E-state index contributed by atoms with van der Waals surface area (Å²) in [6.45, 7) is 1.98. The number of nitrogens with zero attached hydrogens (tertiary/aromatic N) is 1. The van der Waals surface area contributed by atoms with Gasteiger partial charge in [-0.05, 0) is 31.4 Å². The Morgan fingerprint density at radius 2 is 2.04 bits per heavy atom. The van der Waals surface area contributed by atoms with E-state index in [-0.39, 0.29) is 5.56 Å². The molecule has 25 heavy (non-hydrogen) atoms. The smallest absolute Gasteiger partial charge is 0.405 e. The first-order valence-corrected chi connectivity index (χ1v) is 8.25. The van der Waals surface area contributed by atoms with E-state index in [4.69, 9.17) is 4.74 Å². The molecule has 136 valence electrons. The Labute approximate surface area is 146 Å². The highest BCUT2D eigenvalue weighted by Crippen LogP contribution is 2.20. The van der Waals surface area contributed by atoms with Gasteiger partial charge in [-0.2, -0.15) is 13.2 Å². The van der Waals surface area contributed by atoms with Gasteiger partial charge >= 0.3 is 12.1 Å². The Bertz CT molecular complexity index is 752. The number of hydrogen-bond acceptors (Lipinski definition) is 4. The van der Waals surface area contributed by atoms with Crippen LogP contribution in [0.3, 0.4) is 0 Å². The number of nitrogens with one attached hydrogen (secondary N) is 1. The summed E-state index contributed by atoms with van der Waals surface area (Å²) in [5.74, 6) is -1.74. The van der Waals surface area contributed by atoms with Gasteiger partial charge in [0.1, 0.15) is 6.54 Å². The molecular weight excluding hydrogens is 357 g/mol. The molecule has 5 nitrogen and oxygen atoms in total. The van der Waals surface area contributed by atoms with E-state index in [0.717, 1.165) is 10.6 Å². The summed E-state index contributed by atoms with van der Waals surface area (Å²) in [5.41, 5.74) is 1.81. The van der Waals surface area contributed by atoms with Gasteiger partial charge < -0.3 is 14.6 Å². The van der Waals surface area contributed by atoms with Crippen LogP contribution in [-0.4, -0.2) is 35.8 Å². The number of amides is 1. The van der Waals surface area contributed by atoms with Crippen molar-refractivity contribution >= 4 is 23.2 Å². The molecule has 0 fully saturated rings. The highest BCUT2D eigenvalue weighted by molar-refractivity contribution is 7.09. The van der Waals surface area contributed by atoms with Crippen LogP contribution in [0, 0.1) is 13.8 Å². The first-order chi connectivity index (χ1) is 11.7. The molecule has 1 N–H and O–H groups in total. The monoisotopic (exact) mass is 374 g/mol. The predicted octanol–water partition coefficient (Wildman–Crippen LogP) is 3.05. The standard InChI is InChI=1S/C16H17F3N2O3S/c1-10-6-13(11(2)21(10)7-12-4-3-5-25-12)15(23)24-8-14(22)20-9-16(17,18)19/h3-6H,7-9H2,1-2H3,(H,20,22). The SMILES string of the molecule is Cc1cc(C(=O)OCC(=O)NCC(F)(F)F)c(C)n1Cc1cccs1. The number of aromatic nitrogens is 1. The number of ether oxygens (including phenoxy) is 1. The van der Waals surface area contributed by atoms with E-state index in [2.05, 4.69) is 0 Å². The number of halogens is 3.